The lowest BCUT2D eigenvalue weighted by Gasteiger charge is -1.89. The van der Waals surface area contributed by atoms with Crippen molar-refractivity contribution in [1.82, 2.24) is 4.72 Å². The van der Waals surface area contributed by atoms with Crippen LogP contribution in [0.1, 0.15) is 93.9 Å². The third kappa shape index (κ3) is 77.0. The number of rotatable bonds is 6. The van der Waals surface area contributed by atoms with Crippen molar-refractivity contribution >= 4 is 10.0 Å². The van der Waals surface area contributed by atoms with Crippen molar-refractivity contribution in [1.29, 1.82) is 0 Å². The first-order valence-electron chi connectivity index (χ1n) is 9.72. The Bertz CT molecular complexity index is 382. The predicted molar refractivity (Wildman–Crippen MR) is 124 cm³/mol. The Labute approximate surface area is 167 Å². The molecule has 0 bridgehead atoms. The lowest BCUT2D eigenvalue weighted by molar-refractivity contribution is 0.594. The van der Waals surface area contributed by atoms with Gasteiger partial charge >= 0.3 is 0 Å². The van der Waals surface area contributed by atoms with Gasteiger partial charge in [0.1, 0.15) is 0 Å². The first kappa shape index (κ1) is 36.1. The second kappa shape index (κ2) is 28.9. The molecule has 4 heteroatoms. The fourth-order valence-electron chi connectivity index (χ4n) is 0.500. The third-order valence-electron chi connectivity index (χ3n) is 2.97. The highest BCUT2D eigenvalue weighted by molar-refractivity contribution is 7.88. The van der Waals surface area contributed by atoms with Crippen LogP contribution in [-0.2, 0) is 10.0 Å². The van der Waals surface area contributed by atoms with Crippen LogP contribution in [0, 0.1) is 0 Å². The van der Waals surface area contributed by atoms with Crippen LogP contribution in [0.5, 0.6) is 0 Å². The number of hydrogen-bond acceptors (Lipinski definition) is 2. The van der Waals surface area contributed by atoms with Gasteiger partial charge in [0.05, 0.1) is 6.26 Å². The van der Waals surface area contributed by atoms with Crippen molar-refractivity contribution in [3.63, 3.8) is 0 Å². The highest BCUT2D eigenvalue weighted by Gasteiger charge is 1.88. The van der Waals surface area contributed by atoms with Crippen LogP contribution < -0.4 is 4.72 Å². The van der Waals surface area contributed by atoms with Gasteiger partial charge in [-0.1, -0.05) is 84.8 Å². The summed E-state index contributed by atoms with van der Waals surface area (Å²) in [5.41, 5.74) is 3.94. The van der Waals surface area contributed by atoms with Gasteiger partial charge in [0.25, 0.3) is 0 Å². The number of hydrogen-bond donors (Lipinski definition) is 1. The molecule has 0 heterocycles. The lowest BCUT2D eigenvalue weighted by Crippen LogP contribution is -2.15. The maximum Gasteiger partial charge on any atom is 0.208 e. The highest BCUT2D eigenvalue weighted by Crippen LogP contribution is 1.99. The van der Waals surface area contributed by atoms with E-state index in [0.717, 1.165) is 38.4 Å². The highest BCUT2D eigenvalue weighted by atomic mass is 32.2. The standard InChI is InChI=1S/2C6H12.C5H10.C3H8.C2H7NO2S/c2*1-4-6(3)5-2;1-4-5(2)3;1-3-2;1-3-6(2,4)5/h2*3-5H2,1-2H3;2,4H2,1,3H3;3H2,1-2H3;3H,1-2H3. The molecule has 160 valence electrons. The van der Waals surface area contributed by atoms with Gasteiger partial charge in [-0.25, -0.2) is 13.1 Å². The van der Waals surface area contributed by atoms with Gasteiger partial charge in [0, 0.05) is 0 Å². The van der Waals surface area contributed by atoms with Crippen LogP contribution in [0.25, 0.3) is 0 Å². The summed E-state index contributed by atoms with van der Waals surface area (Å²) in [7, 11) is -1.54. The van der Waals surface area contributed by atoms with Crippen molar-refractivity contribution in [3.05, 3.63) is 36.5 Å². The molecule has 0 saturated heterocycles. The van der Waals surface area contributed by atoms with Gasteiger partial charge in [0.15, 0.2) is 0 Å². The fraction of sp³-hybridized carbons (Fsp3) is 0.727. The van der Waals surface area contributed by atoms with E-state index < -0.39 is 10.0 Å². The smallest absolute Gasteiger partial charge is 0.208 e. The van der Waals surface area contributed by atoms with E-state index in [-0.39, 0.29) is 0 Å². The van der Waals surface area contributed by atoms with Crippen LogP contribution in [0.2, 0.25) is 0 Å². The van der Waals surface area contributed by atoms with Gasteiger partial charge in [0.2, 0.25) is 10.0 Å². The molecular formula is C22H49NO2S. The maximum absolute atomic E-state index is 9.89. The zero-order chi connectivity index (χ0) is 22.2. The number of nitrogens with one attached hydrogen (secondary N) is 1. The fourth-order valence-corrected chi connectivity index (χ4v) is 0.500. The summed E-state index contributed by atoms with van der Waals surface area (Å²) in [5.74, 6) is 0. The molecule has 0 aromatic heterocycles. The molecule has 0 aromatic rings. The topological polar surface area (TPSA) is 46.2 Å². The predicted octanol–water partition coefficient (Wildman–Crippen LogP) is 7.28. The summed E-state index contributed by atoms with van der Waals surface area (Å²) in [6.45, 7) is 28.2. The molecule has 0 aliphatic carbocycles. The molecule has 3 nitrogen and oxygen atoms in total. The lowest BCUT2D eigenvalue weighted by atomic mass is 10.2. The molecule has 0 spiro atoms. The Morgan fingerprint density at radius 3 is 0.885 bits per heavy atom. The zero-order valence-electron chi connectivity index (χ0n) is 19.6. The molecule has 0 fully saturated rings. The molecule has 26 heavy (non-hydrogen) atoms. The summed E-state index contributed by atoms with van der Waals surface area (Å²) in [5, 5.41) is 0. The van der Waals surface area contributed by atoms with Crippen LogP contribution >= 0.6 is 0 Å². The molecule has 0 radical (unpaired) electrons. The first-order chi connectivity index (χ1) is 11.9. The first-order valence-corrected chi connectivity index (χ1v) is 11.6. The molecule has 0 aromatic carbocycles. The average molecular weight is 392 g/mol. The van der Waals surface area contributed by atoms with Gasteiger partial charge in [-0.05, 0) is 46.1 Å². The van der Waals surface area contributed by atoms with E-state index in [1.165, 1.54) is 30.2 Å². The monoisotopic (exact) mass is 391 g/mol. The van der Waals surface area contributed by atoms with Crippen LogP contribution in [-0.4, -0.2) is 21.7 Å². The molecule has 0 rings (SSSR count). The van der Waals surface area contributed by atoms with Crippen molar-refractivity contribution < 1.29 is 8.42 Å². The van der Waals surface area contributed by atoms with Crippen molar-refractivity contribution in [2.45, 2.75) is 93.9 Å². The third-order valence-corrected chi connectivity index (χ3v) is 3.72. The Morgan fingerprint density at radius 2 is 0.885 bits per heavy atom. The largest absolute Gasteiger partial charge is 0.219 e. The molecule has 0 amide bonds. The van der Waals surface area contributed by atoms with E-state index in [9.17, 15) is 8.42 Å². The average Bonchev–Trinajstić information content (AvgIpc) is 2.61. The van der Waals surface area contributed by atoms with Crippen molar-refractivity contribution in [3.8, 4) is 0 Å². The SMILES string of the molecule is C=C(C)CC.C=C(CC)CC.C=C(CC)CC.CCC.CNS(C)(=O)=O. The van der Waals surface area contributed by atoms with E-state index in [1.807, 2.05) is 6.92 Å². The minimum atomic E-state index is -2.91. The van der Waals surface area contributed by atoms with E-state index >= 15 is 0 Å². The van der Waals surface area contributed by atoms with Gasteiger partial charge in [-0.15, -0.1) is 6.58 Å². The second-order valence-corrected chi connectivity index (χ2v) is 7.86. The molecule has 0 saturated carbocycles. The minimum absolute atomic E-state index is 1.10. The van der Waals surface area contributed by atoms with Gasteiger partial charge in [-0.2, -0.15) is 0 Å². The Hall–Kier alpha value is -0.870. The summed E-state index contributed by atoms with van der Waals surface area (Å²) in [6.07, 6.45) is 8.01. The normalized spacial score (nSPS) is 8.69. The van der Waals surface area contributed by atoms with Gasteiger partial charge in [-0.3, -0.25) is 0 Å². The molecule has 1 N–H and O–H groups in total. The quantitative estimate of drug-likeness (QED) is 0.483. The zero-order valence-corrected chi connectivity index (χ0v) is 20.4. The van der Waals surface area contributed by atoms with E-state index in [2.05, 4.69) is 72.9 Å². The van der Waals surface area contributed by atoms with Crippen molar-refractivity contribution in [2.24, 2.45) is 0 Å². The maximum atomic E-state index is 9.89. The molecular weight excluding hydrogens is 342 g/mol. The molecule has 0 aliphatic heterocycles. The number of allylic oxidation sites excluding steroid dienone is 3. The minimum Gasteiger partial charge on any atom is -0.219 e. The van der Waals surface area contributed by atoms with E-state index in [1.54, 1.807) is 0 Å². The summed E-state index contributed by atoms with van der Waals surface area (Å²) >= 11 is 0. The molecule has 0 unspecified atom stereocenters. The van der Waals surface area contributed by atoms with E-state index in [4.69, 9.17) is 0 Å². The molecule has 0 aliphatic rings. The Balaban J connectivity index is -0.0000000719. The van der Waals surface area contributed by atoms with Crippen LogP contribution in [0.15, 0.2) is 36.5 Å². The second-order valence-electron chi connectivity index (χ2n) is 5.91. The number of sulfonamides is 1. The summed E-state index contributed by atoms with van der Waals surface area (Å²) in [6, 6.07) is 0. The van der Waals surface area contributed by atoms with Crippen molar-refractivity contribution in [2.75, 3.05) is 13.3 Å². The summed E-state index contributed by atoms with van der Waals surface area (Å²) < 4.78 is 21.9. The van der Waals surface area contributed by atoms with E-state index in [0.29, 0.717) is 0 Å². The van der Waals surface area contributed by atoms with Crippen LogP contribution in [0.4, 0.5) is 0 Å². The summed E-state index contributed by atoms with van der Waals surface area (Å²) in [4.78, 5) is 0. The molecule has 0 atom stereocenters. The Morgan fingerprint density at radius 1 is 0.731 bits per heavy atom. The Kier molecular flexibility index (Phi) is 40.2. The van der Waals surface area contributed by atoms with Gasteiger partial charge < -0.3 is 0 Å². The van der Waals surface area contributed by atoms with Crippen LogP contribution in [0.3, 0.4) is 0 Å².